The van der Waals surface area contributed by atoms with Crippen molar-refractivity contribution in [3.8, 4) is 22.7 Å². The molecule has 0 bridgehead atoms. The van der Waals surface area contributed by atoms with Crippen LogP contribution < -0.4 is 0 Å². The Morgan fingerprint density at radius 1 is 0.727 bits per heavy atom. The van der Waals surface area contributed by atoms with Gasteiger partial charge in [0.05, 0.1) is 0 Å². The summed E-state index contributed by atoms with van der Waals surface area (Å²) in [5.41, 5.74) is 3.94. The van der Waals surface area contributed by atoms with Crippen molar-refractivity contribution < 1.29 is 4.42 Å². The summed E-state index contributed by atoms with van der Waals surface area (Å²) in [7, 11) is 0. The Bertz CT molecular complexity index is 931. The Labute approximate surface area is 127 Å². The lowest BCUT2D eigenvalue weighted by Gasteiger charge is -2.01. The van der Waals surface area contributed by atoms with Crippen LogP contribution in [0.5, 0.6) is 0 Å². The van der Waals surface area contributed by atoms with Crippen molar-refractivity contribution in [2.75, 3.05) is 0 Å². The summed E-state index contributed by atoms with van der Waals surface area (Å²) in [6, 6.07) is 19.8. The van der Waals surface area contributed by atoms with Crippen LogP contribution in [-0.4, -0.2) is 15.0 Å². The summed E-state index contributed by atoms with van der Waals surface area (Å²) >= 11 is 0. The zero-order valence-electron chi connectivity index (χ0n) is 12.0. The van der Waals surface area contributed by atoms with Gasteiger partial charge < -0.3 is 4.42 Å². The molecule has 4 nitrogen and oxygen atoms in total. The van der Waals surface area contributed by atoms with Gasteiger partial charge in [-0.05, 0) is 19.1 Å². The van der Waals surface area contributed by atoms with Crippen LogP contribution in [0.4, 0.5) is 0 Å². The van der Waals surface area contributed by atoms with E-state index in [1.54, 1.807) is 0 Å². The number of aromatic nitrogens is 3. The quantitative estimate of drug-likeness (QED) is 0.552. The molecule has 2 aromatic carbocycles. The van der Waals surface area contributed by atoms with Crippen molar-refractivity contribution in [3.05, 3.63) is 66.5 Å². The minimum atomic E-state index is 0.519. The molecule has 0 amide bonds. The molecule has 0 aliphatic heterocycles. The molecule has 22 heavy (non-hydrogen) atoms. The SMILES string of the molecule is Cc1nc(-c2ccccc2)c2nc(-c3ccccc3)oc2n1. The first-order valence-electron chi connectivity index (χ1n) is 7.07. The number of oxazole rings is 1. The number of fused-ring (bicyclic) bond motifs is 1. The van der Waals surface area contributed by atoms with Crippen LogP contribution in [0.1, 0.15) is 5.82 Å². The number of aryl methyl sites for hydroxylation is 1. The van der Waals surface area contributed by atoms with E-state index in [0.29, 0.717) is 22.9 Å². The Morgan fingerprint density at radius 3 is 2.05 bits per heavy atom. The number of nitrogens with zero attached hydrogens (tertiary/aromatic N) is 3. The maximum Gasteiger partial charge on any atom is 0.251 e. The van der Waals surface area contributed by atoms with Gasteiger partial charge in [0.1, 0.15) is 11.5 Å². The molecular formula is C18H13N3O. The molecule has 0 N–H and O–H groups in total. The maximum atomic E-state index is 5.83. The second kappa shape index (κ2) is 5.07. The number of benzene rings is 2. The summed E-state index contributed by atoms with van der Waals surface area (Å²) < 4.78 is 5.83. The van der Waals surface area contributed by atoms with Crippen LogP contribution in [0.3, 0.4) is 0 Å². The van der Waals surface area contributed by atoms with Crippen LogP contribution in [-0.2, 0) is 0 Å². The third kappa shape index (κ3) is 2.15. The minimum absolute atomic E-state index is 0.519. The van der Waals surface area contributed by atoms with Crippen LogP contribution in [0.15, 0.2) is 65.1 Å². The van der Waals surface area contributed by atoms with E-state index in [-0.39, 0.29) is 0 Å². The van der Waals surface area contributed by atoms with E-state index in [9.17, 15) is 0 Å². The molecule has 0 aliphatic carbocycles. The predicted octanol–water partition coefficient (Wildman–Crippen LogP) is 4.26. The van der Waals surface area contributed by atoms with Gasteiger partial charge in [0, 0.05) is 11.1 Å². The van der Waals surface area contributed by atoms with Crippen LogP contribution in [0, 0.1) is 6.92 Å². The van der Waals surface area contributed by atoms with Gasteiger partial charge in [-0.25, -0.2) is 9.97 Å². The summed E-state index contributed by atoms with van der Waals surface area (Å²) in [5, 5.41) is 0. The number of rotatable bonds is 2. The van der Waals surface area contributed by atoms with Gasteiger partial charge in [0.15, 0.2) is 5.52 Å². The molecule has 0 aliphatic rings. The maximum absolute atomic E-state index is 5.83. The first-order chi connectivity index (χ1) is 10.8. The standard InChI is InChI=1S/C18H13N3O/c1-12-19-15(13-8-4-2-5-9-13)16-18(20-12)22-17(21-16)14-10-6-3-7-11-14/h2-11H,1H3. The molecule has 0 saturated carbocycles. The Morgan fingerprint density at radius 2 is 1.36 bits per heavy atom. The van der Waals surface area contributed by atoms with Gasteiger partial charge in [-0.3, -0.25) is 0 Å². The molecule has 4 aromatic rings. The lowest BCUT2D eigenvalue weighted by Crippen LogP contribution is -1.92. The van der Waals surface area contributed by atoms with Crippen molar-refractivity contribution in [1.82, 2.24) is 15.0 Å². The average Bonchev–Trinajstić information content (AvgIpc) is 2.99. The molecule has 4 rings (SSSR count). The second-order valence-electron chi connectivity index (χ2n) is 5.02. The van der Waals surface area contributed by atoms with E-state index in [1.165, 1.54) is 0 Å². The summed E-state index contributed by atoms with van der Waals surface area (Å²) in [5.74, 6) is 1.23. The van der Waals surface area contributed by atoms with Crippen LogP contribution in [0.2, 0.25) is 0 Å². The van der Waals surface area contributed by atoms with Crippen molar-refractivity contribution in [1.29, 1.82) is 0 Å². The Kier molecular flexibility index (Phi) is 2.93. The van der Waals surface area contributed by atoms with Crippen molar-refractivity contribution in [2.24, 2.45) is 0 Å². The van der Waals surface area contributed by atoms with Gasteiger partial charge >= 0.3 is 0 Å². The lowest BCUT2D eigenvalue weighted by molar-refractivity contribution is 0.606. The molecule has 2 heterocycles. The fourth-order valence-electron chi connectivity index (χ4n) is 2.43. The van der Waals surface area contributed by atoms with Crippen molar-refractivity contribution in [2.45, 2.75) is 6.92 Å². The molecular weight excluding hydrogens is 274 g/mol. The summed E-state index contributed by atoms with van der Waals surface area (Å²) in [6.07, 6.45) is 0. The lowest BCUT2D eigenvalue weighted by atomic mass is 10.1. The Balaban J connectivity index is 1.97. The highest BCUT2D eigenvalue weighted by Gasteiger charge is 2.15. The van der Waals surface area contributed by atoms with E-state index in [1.807, 2.05) is 67.6 Å². The monoisotopic (exact) mass is 287 g/mol. The third-order valence-electron chi connectivity index (χ3n) is 3.44. The summed E-state index contributed by atoms with van der Waals surface area (Å²) in [4.78, 5) is 13.5. The van der Waals surface area contributed by atoms with Crippen molar-refractivity contribution in [3.63, 3.8) is 0 Å². The van der Waals surface area contributed by atoms with E-state index < -0.39 is 0 Å². The minimum Gasteiger partial charge on any atom is -0.418 e. The molecule has 0 spiro atoms. The van der Waals surface area contributed by atoms with E-state index in [0.717, 1.165) is 16.8 Å². The largest absolute Gasteiger partial charge is 0.418 e. The first-order valence-corrected chi connectivity index (χ1v) is 7.07. The fourth-order valence-corrected chi connectivity index (χ4v) is 2.43. The zero-order chi connectivity index (χ0) is 14.9. The highest BCUT2D eigenvalue weighted by Crippen LogP contribution is 2.29. The smallest absolute Gasteiger partial charge is 0.251 e. The molecule has 0 unspecified atom stereocenters. The topological polar surface area (TPSA) is 51.8 Å². The van der Waals surface area contributed by atoms with Gasteiger partial charge in [-0.15, -0.1) is 0 Å². The molecule has 0 fully saturated rings. The molecule has 106 valence electrons. The van der Waals surface area contributed by atoms with E-state index >= 15 is 0 Å². The number of hydrogen-bond donors (Lipinski definition) is 0. The second-order valence-corrected chi connectivity index (χ2v) is 5.02. The molecule has 4 heteroatoms. The summed E-state index contributed by atoms with van der Waals surface area (Å²) in [6.45, 7) is 1.86. The zero-order valence-corrected chi connectivity index (χ0v) is 12.0. The van der Waals surface area contributed by atoms with Crippen molar-refractivity contribution >= 4 is 11.2 Å². The Hall–Kier alpha value is -3.01. The fraction of sp³-hybridized carbons (Fsp3) is 0.0556. The van der Waals surface area contributed by atoms with E-state index in [4.69, 9.17) is 4.42 Å². The molecule has 0 saturated heterocycles. The first kappa shape index (κ1) is 12.7. The van der Waals surface area contributed by atoms with Crippen LogP contribution in [0.25, 0.3) is 33.9 Å². The molecule has 2 aromatic heterocycles. The van der Waals surface area contributed by atoms with E-state index in [2.05, 4.69) is 15.0 Å². The average molecular weight is 287 g/mol. The van der Waals surface area contributed by atoms with Gasteiger partial charge in [0.2, 0.25) is 5.89 Å². The van der Waals surface area contributed by atoms with Gasteiger partial charge in [0.25, 0.3) is 5.71 Å². The number of hydrogen-bond acceptors (Lipinski definition) is 4. The highest BCUT2D eigenvalue weighted by atomic mass is 16.4. The van der Waals surface area contributed by atoms with Gasteiger partial charge in [-0.2, -0.15) is 4.98 Å². The molecule has 0 radical (unpaired) electrons. The highest BCUT2D eigenvalue weighted by molar-refractivity contribution is 5.87. The van der Waals surface area contributed by atoms with Gasteiger partial charge in [-0.1, -0.05) is 48.5 Å². The molecule has 0 atom stereocenters. The third-order valence-corrected chi connectivity index (χ3v) is 3.44. The predicted molar refractivity (Wildman–Crippen MR) is 85.2 cm³/mol. The normalized spacial score (nSPS) is 11.0. The van der Waals surface area contributed by atoms with Crippen LogP contribution >= 0.6 is 0 Å².